The fourth-order valence-corrected chi connectivity index (χ4v) is 4.89. The van der Waals surface area contributed by atoms with Crippen LogP contribution in [-0.2, 0) is 16.6 Å². The third kappa shape index (κ3) is 2.11. The molecule has 1 fully saturated rings. The van der Waals surface area contributed by atoms with Crippen molar-refractivity contribution in [2.45, 2.75) is 51.4 Å². The van der Waals surface area contributed by atoms with Gasteiger partial charge in [0.05, 0.1) is 10.3 Å². The summed E-state index contributed by atoms with van der Waals surface area (Å²) >= 11 is 0. The molecule has 124 valence electrons. The molecule has 1 saturated carbocycles. The molecule has 0 radical (unpaired) electrons. The van der Waals surface area contributed by atoms with E-state index in [1.807, 2.05) is 13.8 Å². The number of nitro groups is 1. The summed E-state index contributed by atoms with van der Waals surface area (Å²) in [6, 6.07) is 2.95. The smallest absolute Gasteiger partial charge is 0.310 e. The van der Waals surface area contributed by atoms with Crippen LogP contribution >= 0.6 is 0 Å². The van der Waals surface area contributed by atoms with Crippen molar-refractivity contribution < 1.29 is 19.9 Å². The average Bonchev–Trinajstić information content (AvgIpc) is 2.46. The lowest BCUT2D eigenvalue weighted by Gasteiger charge is -2.53. The first-order valence-corrected chi connectivity index (χ1v) is 7.94. The minimum atomic E-state index is -0.790. The highest BCUT2D eigenvalue weighted by Gasteiger charge is 2.55. The lowest BCUT2D eigenvalue weighted by Crippen LogP contribution is -2.52. The van der Waals surface area contributed by atoms with Crippen LogP contribution in [0.5, 0.6) is 5.75 Å². The van der Waals surface area contributed by atoms with Crippen molar-refractivity contribution in [3.8, 4) is 5.75 Å². The van der Waals surface area contributed by atoms with Crippen LogP contribution < -0.4 is 0 Å². The van der Waals surface area contributed by atoms with Crippen LogP contribution in [-0.4, -0.2) is 21.1 Å². The van der Waals surface area contributed by atoms with E-state index in [9.17, 15) is 25.1 Å². The van der Waals surface area contributed by atoms with E-state index in [-0.39, 0.29) is 22.8 Å². The third-order valence-electron chi connectivity index (χ3n) is 6.13. The molecule has 0 spiro atoms. The molecule has 6 heteroatoms. The van der Waals surface area contributed by atoms with Gasteiger partial charge in [0.2, 0.25) is 0 Å². The van der Waals surface area contributed by atoms with Crippen molar-refractivity contribution in [2.24, 2.45) is 11.3 Å². The minimum Gasteiger partial charge on any atom is -0.502 e. The maximum absolute atomic E-state index is 11.9. The molecular weight excluding hydrogens is 298 g/mol. The van der Waals surface area contributed by atoms with Crippen LogP contribution in [0.25, 0.3) is 0 Å². The summed E-state index contributed by atoms with van der Waals surface area (Å²) in [6.07, 6.45) is 3.60. The number of hydrogen-bond donors (Lipinski definition) is 2. The predicted molar refractivity (Wildman–Crippen MR) is 83.5 cm³/mol. The van der Waals surface area contributed by atoms with Gasteiger partial charge in [-0.1, -0.05) is 13.3 Å². The molecule has 2 N–H and O–H groups in total. The normalized spacial score (nSPS) is 32.7. The highest BCUT2D eigenvalue weighted by atomic mass is 16.6. The molecule has 3 atom stereocenters. The first kappa shape index (κ1) is 15.8. The largest absolute Gasteiger partial charge is 0.502 e. The van der Waals surface area contributed by atoms with Gasteiger partial charge in [-0.2, -0.15) is 0 Å². The molecule has 0 amide bonds. The van der Waals surface area contributed by atoms with Gasteiger partial charge in [0.1, 0.15) is 0 Å². The van der Waals surface area contributed by atoms with Crippen molar-refractivity contribution in [3.05, 3.63) is 33.4 Å². The fourth-order valence-electron chi connectivity index (χ4n) is 4.89. The quantitative estimate of drug-likeness (QED) is 0.642. The fraction of sp³-hybridized carbons (Fsp3) is 0.588. The maximum atomic E-state index is 11.9. The highest BCUT2D eigenvalue weighted by molar-refractivity contribution is 5.75. The summed E-state index contributed by atoms with van der Waals surface area (Å²) in [5, 5.41) is 30.8. The second kappa shape index (κ2) is 4.94. The SMILES string of the molecule is C[C@@]1(C(=O)O)CCC[C@]2(C)c3cc(O)c([N+](=O)[O-])cc3CC[C@H]12. The summed E-state index contributed by atoms with van der Waals surface area (Å²) in [4.78, 5) is 22.3. The molecule has 2 aliphatic carbocycles. The molecule has 0 bridgehead atoms. The van der Waals surface area contributed by atoms with E-state index in [0.29, 0.717) is 19.3 Å². The number of aliphatic carboxylic acids is 1. The molecule has 0 heterocycles. The lowest BCUT2D eigenvalue weighted by atomic mass is 9.50. The number of carboxylic acid groups (broad SMARTS) is 1. The predicted octanol–water partition coefficient (Wildman–Crippen LogP) is 3.40. The number of aromatic hydroxyl groups is 1. The van der Waals surface area contributed by atoms with Gasteiger partial charge < -0.3 is 10.2 Å². The first-order chi connectivity index (χ1) is 10.7. The molecule has 2 aliphatic rings. The topological polar surface area (TPSA) is 101 Å². The van der Waals surface area contributed by atoms with E-state index in [4.69, 9.17) is 0 Å². The molecule has 1 aromatic carbocycles. The zero-order valence-electron chi connectivity index (χ0n) is 13.3. The maximum Gasteiger partial charge on any atom is 0.310 e. The molecule has 23 heavy (non-hydrogen) atoms. The molecule has 0 unspecified atom stereocenters. The van der Waals surface area contributed by atoms with Gasteiger partial charge >= 0.3 is 11.7 Å². The van der Waals surface area contributed by atoms with Crippen molar-refractivity contribution in [2.75, 3.05) is 0 Å². The summed E-state index contributed by atoms with van der Waals surface area (Å²) in [7, 11) is 0. The number of fused-ring (bicyclic) bond motifs is 3. The second-order valence-corrected chi connectivity index (χ2v) is 7.34. The molecule has 1 aromatic rings. The van der Waals surface area contributed by atoms with E-state index in [0.717, 1.165) is 24.0 Å². The number of nitrogens with zero attached hydrogens (tertiary/aromatic N) is 1. The van der Waals surface area contributed by atoms with Gasteiger partial charge in [-0.3, -0.25) is 14.9 Å². The Morgan fingerprint density at radius 2 is 2.04 bits per heavy atom. The molecule has 3 rings (SSSR count). The highest BCUT2D eigenvalue weighted by Crippen LogP contribution is 2.58. The van der Waals surface area contributed by atoms with E-state index >= 15 is 0 Å². The Bertz CT molecular complexity index is 700. The Hall–Kier alpha value is -2.11. The third-order valence-corrected chi connectivity index (χ3v) is 6.13. The van der Waals surface area contributed by atoms with Gasteiger partial charge in [0.25, 0.3) is 0 Å². The van der Waals surface area contributed by atoms with E-state index in [2.05, 4.69) is 0 Å². The Morgan fingerprint density at radius 3 is 2.65 bits per heavy atom. The zero-order chi connectivity index (χ0) is 17.0. The minimum absolute atomic E-state index is 0.0328. The summed E-state index contributed by atoms with van der Waals surface area (Å²) < 4.78 is 0. The van der Waals surface area contributed by atoms with E-state index < -0.39 is 16.3 Å². The molecule has 0 aliphatic heterocycles. The monoisotopic (exact) mass is 319 g/mol. The second-order valence-electron chi connectivity index (χ2n) is 7.34. The van der Waals surface area contributed by atoms with Crippen LogP contribution in [0.4, 0.5) is 5.69 Å². The van der Waals surface area contributed by atoms with Crippen molar-refractivity contribution >= 4 is 11.7 Å². The van der Waals surface area contributed by atoms with Gasteiger partial charge in [-0.05, 0) is 61.1 Å². The van der Waals surface area contributed by atoms with Crippen LogP contribution in [0.1, 0.15) is 50.7 Å². The zero-order valence-corrected chi connectivity index (χ0v) is 13.3. The number of benzene rings is 1. The number of carboxylic acids is 1. The number of aryl methyl sites for hydroxylation is 1. The Kier molecular flexibility index (Phi) is 3.39. The number of carbonyl (C=O) groups is 1. The summed E-state index contributed by atoms with van der Waals surface area (Å²) in [5.74, 6) is -1.14. The van der Waals surface area contributed by atoms with Gasteiger partial charge in [-0.15, -0.1) is 0 Å². The Morgan fingerprint density at radius 1 is 1.35 bits per heavy atom. The van der Waals surface area contributed by atoms with Crippen molar-refractivity contribution in [3.63, 3.8) is 0 Å². The number of phenols is 1. The number of hydrogen-bond acceptors (Lipinski definition) is 4. The van der Waals surface area contributed by atoms with Gasteiger partial charge in [0, 0.05) is 6.07 Å². The van der Waals surface area contributed by atoms with Gasteiger partial charge in [-0.25, -0.2) is 0 Å². The number of rotatable bonds is 2. The van der Waals surface area contributed by atoms with Crippen LogP contribution in [0, 0.1) is 21.4 Å². The Labute approximate surface area is 134 Å². The molecule has 0 aromatic heterocycles. The van der Waals surface area contributed by atoms with Crippen LogP contribution in [0.2, 0.25) is 0 Å². The summed E-state index contributed by atoms with van der Waals surface area (Å²) in [6.45, 7) is 3.86. The number of nitro benzene ring substituents is 1. The van der Waals surface area contributed by atoms with Crippen molar-refractivity contribution in [1.29, 1.82) is 0 Å². The Balaban J connectivity index is 2.15. The average molecular weight is 319 g/mol. The molecular formula is C17H21NO5. The van der Waals surface area contributed by atoms with Crippen LogP contribution in [0.15, 0.2) is 12.1 Å². The molecule has 6 nitrogen and oxygen atoms in total. The lowest BCUT2D eigenvalue weighted by molar-refractivity contribution is -0.386. The molecule has 0 saturated heterocycles. The van der Waals surface area contributed by atoms with Crippen LogP contribution in [0.3, 0.4) is 0 Å². The standard InChI is InChI=1S/C17H21NO5/c1-16-6-3-7-17(2,15(20)21)14(16)5-4-10-8-12(18(22)23)13(19)9-11(10)16/h8-9,14,19H,3-7H2,1-2H3,(H,20,21)/t14-,16+,17+/m0/s1. The van der Waals surface area contributed by atoms with E-state index in [1.165, 1.54) is 12.1 Å². The van der Waals surface area contributed by atoms with Gasteiger partial charge in [0.15, 0.2) is 5.75 Å². The summed E-state index contributed by atoms with van der Waals surface area (Å²) in [5.41, 5.74) is 0.308. The van der Waals surface area contributed by atoms with Crippen molar-refractivity contribution in [1.82, 2.24) is 0 Å². The number of phenolic OH excluding ortho intramolecular Hbond substituents is 1. The first-order valence-electron chi connectivity index (χ1n) is 7.94. The van der Waals surface area contributed by atoms with E-state index in [1.54, 1.807) is 0 Å².